The van der Waals surface area contributed by atoms with Crippen LogP contribution in [0.1, 0.15) is 123 Å². The van der Waals surface area contributed by atoms with E-state index < -0.39 is 32.5 Å². The molecule has 0 rings (SSSR count). The van der Waals surface area contributed by atoms with E-state index in [1.807, 2.05) is 63.7 Å². The van der Waals surface area contributed by atoms with Gasteiger partial charge < -0.3 is 24.0 Å². The minimum absolute atomic E-state index is 0.00234. The molecule has 11 heteroatoms. The molecule has 334 valence electrons. The van der Waals surface area contributed by atoms with Gasteiger partial charge in [0.1, 0.15) is 19.8 Å². The lowest BCUT2D eigenvalue weighted by molar-refractivity contribution is -0.870. The minimum Gasteiger partial charge on any atom is -0.462 e. The van der Waals surface area contributed by atoms with E-state index in [9.17, 15) is 24.2 Å². The molecule has 0 bridgehead atoms. The molecule has 0 aliphatic carbocycles. The average Bonchev–Trinajstić information content (AvgIpc) is 3.18. The minimum atomic E-state index is -4.42. The molecule has 0 aliphatic rings. The van der Waals surface area contributed by atoms with Gasteiger partial charge in [-0.2, -0.15) is 0 Å². The SMILES string of the molecule is CC/C=C\C/C=C\C/C=C\C/C=C\C/C=C\CCCC(=O)OC[C@H](COP(=O)(O)OCC[N+](C)(C)C)OC(=O)CCC/C=C\C/C=C\C/C=C\C=C\[C@@H](O)CCCCC. The molecule has 0 aromatic rings. The Labute approximate surface area is 358 Å². The first kappa shape index (κ1) is 55.6. The summed E-state index contributed by atoms with van der Waals surface area (Å²) in [4.78, 5) is 35.3. The molecule has 0 aromatic heterocycles. The number of hydrogen-bond acceptors (Lipinski definition) is 8. The number of aliphatic hydroxyl groups excluding tert-OH is 1. The Kier molecular flexibility index (Phi) is 36.6. The molecule has 0 amide bonds. The first-order valence-electron chi connectivity index (χ1n) is 21.7. The van der Waals surface area contributed by atoms with Crippen LogP contribution in [0.3, 0.4) is 0 Å². The van der Waals surface area contributed by atoms with Crippen LogP contribution in [-0.2, 0) is 32.7 Å². The monoisotopic (exact) mass is 845 g/mol. The van der Waals surface area contributed by atoms with Crippen LogP contribution in [0.5, 0.6) is 0 Å². The van der Waals surface area contributed by atoms with Gasteiger partial charge in [0, 0.05) is 12.8 Å². The quantitative estimate of drug-likeness (QED) is 0.0157. The fraction of sp³-hybridized carbons (Fsp3) is 0.583. The lowest BCUT2D eigenvalue weighted by atomic mass is 10.1. The highest BCUT2D eigenvalue weighted by Gasteiger charge is 2.27. The second-order valence-corrected chi connectivity index (χ2v) is 16.6. The molecule has 0 aliphatic heterocycles. The summed E-state index contributed by atoms with van der Waals surface area (Å²) in [6, 6.07) is 0. The normalized spacial score (nSPS) is 15.2. The van der Waals surface area contributed by atoms with Crippen LogP contribution < -0.4 is 0 Å². The summed E-state index contributed by atoms with van der Waals surface area (Å²) in [6.45, 7) is 4.00. The van der Waals surface area contributed by atoms with E-state index in [4.69, 9.17) is 18.5 Å². The maximum absolute atomic E-state index is 12.7. The zero-order valence-electron chi connectivity index (χ0n) is 37.0. The number of ether oxygens (including phenoxy) is 2. The molecular formula is C48H79NO9P+. The van der Waals surface area contributed by atoms with Crippen LogP contribution >= 0.6 is 7.82 Å². The molecule has 0 saturated heterocycles. The Hall–Kier alpha value is -3.37. The number of hydrogen-bond donors (Lipinski definition) is 2. The number of unbranched alkanes of at least 4 members (excludes halogenated alkanes) is 4. The summed E-state index contributed by atoms with van der Waals surface area (Å²) in [7, 11) is 1.36. The Morgan fingerprint density at radius 1 is 0.627 bits per heavy atom. The predicted molar refractivity (Wildman–Crippen MR) is 244 cm³/mol. The number of allylic oxidation sites excluding steroid dienone is 17. The summed E-state index contributed by atoms with van der Waals surface area (Å²) in [6.07, 6.45) is 49.1. The van der Waals surface area contributed by atoms with Crippen molar-refractivity contribution in [1.82, 2.24) is 0 Å². The van der Waals surface area contributed by atoms with Crippen LogP contribution in [0, 0.1) is 0 Å². The van der Waals surface area contributed by atoms with Gasteiger partial charge in [0.25, 0.3) is 0 Å². The third-order valence-electron chi connectivity index (χ3n) is 8.39. The zero-order chi connectivity index (χ0) is 43.7. The van der Waals surface area contributed by atoms with E-state index in [0.29, 0.717) is 36.7 Å². The first-order chi connectivity index (χ1) is 28.4. The highest BCUT2D eigenvalue weighted by Crippen LogP contribution is 2.43. The van der Waals surface area contributed by atoms with Gasteiger partial charge in [-0.3, -0.25) is 18.6 Å². The lowest BCUT2D eigenvalue weighted by Gasteiger charge is -2.24. The van der Waals surface area contributed by atoms with Crippen molar-refractivity contribution in [3.8, 4) is 0 Å². The van der Waals surface area contributed by atoms with E-state index >= 15 is 0 Å². The number of phosphoric ester groups is 1. The Morgan fingerprint density at radius 2 is 1.14 bits per heavy atom. The van der Waals surface area contributed by atoms with Gasteiger partial charge in [-0.15, -0.1) is 0 Å². The van der Waals surface area contributed by atoms with Crippen molar-refractivity contribution in [2.45, 2.75) is 135 Å². The van der Waals surface area contributed by atoms with Gasteiger partial charge in [-0.1, -0.05) is 142 Å². The van der Waals surface area contributed by atoms with E-state index in [2.05, 4.69) is 80.7 Å². The summed E-state index contributed by atoms with van der Waals surface area (Å²) in [5.41, 5.74) is 0. The van der Waals surface area contributed by atoms with Gasteiger partial charge in [0.2, 0.25) is 0 Å². The van der Waals surface area contributed by atoms with E-state index in [1.54, 1.807) is 0 Å². The fourth-order valence-corrected chi connectivity index (χ4v) is 5.72. The summed E-state index contributed by atoms with van der Waals surface area (Å²) in [5.74, 6) is -0.973. The van der Waals surface area contributed by atoms with Crippen LogP contribution in [0.15, 0.2) is 109 Å². The van der Waals surface area contributed by atoms with Crippen molar-refractivity contribution in [1.29, 1.82) is 0 Å². The Balaban J connectivity index is 4.63. The van der Waals surface area contributed by atoms with Crippen molar-refractivity contribution in [2.24, 2.45) is 0 Å². The number of carbonyl (C=O) groups excluding carboxylic acids is 2. The van der Waals surface area contributed by atoms with Crippen molar-refractivity contribution in [3.63, 3.8) is 0 Å². The average molecular weight is 845 g/mol. The third-order valence-corrected chi connectivity index (χ3v) is 9.38. The number of rotatable bonds is 37. The van der Waals surface area contributed by atoms with Crippen LogP contribution in [0.4, 0.5) is 0 Å². The van der Waals surface area contributed by atoms with Crippen molar-refractivity contribution >= 4 is 19.8 Å². The number of aliphatic hydroxyl groups is 1. The van der Waals surface area contributed by atoms with Crippen LogP contribution in [0.2, 0.25) is 0 Å². The third kappa shape index (κ3) is 42.6. The summed E-state index contributed by atoms with van der Waals surface area (Å²) >= 11 is 0. The first-order valence-corrected chi connectivity index (χ1v) is 23.2. The Morgan fingerprint density at radius 3 is 1.66 bits per heavy atom. The van der Waals surface area contributed by atoms with Gasteiger partial charge in [0.15, 0.2) is 6.10 Å². The number of phosphoric acid groups is 1. The van der Waals surface area contributed by atoms with Crippen molar-refractivity contribution in [3.05, 3.63) is 109 Å². The highest BCUT2D eigenvalue weighted by atomic mass is 31.2. The number of likely N-dealkylation sites (N-methyl/N-ethyl adjacent to an activating group) is 1. The topological polar surface area (TPSA) is 129 Å². The van der Waals surface area contributed by atoms with Gasteiger partial charge in [0.05, 0.1) is 33.9 Å². The molecule has 0 heterocycles. The highest BCUT2D eigenvalue weighted by molar-refractivity contribution is 7.47. The lowest BCUT2D eigenvalue weighted by Crippen LogP contribution is -2.37. The second-order valence-electron chi connectivity index (χ2n) is 15.2. The van der Waals surface area contributed by atoms with Crippen LogP contribution in [0.25, 0.3) is 0 Å². The maximum atomic E-state index is 12.7. The van der Waals surface area contributed by atoms with Crippen molar-refractivity contribution < 1.29 is 47.2 Å². The molecule has 0 aromatic carbocycles. The number of carbonyl (C=O) groups is 2. The molecule has 59 heavy (non-hydrogen) atoms. The smallest absolute Gasteiger partial charge is 0.462 e. The predicted octanol–water partition coefficient (Wildman–Crippen LogP) is 11.3. The van der Waals surface area contributed by atoms with E-state index in [-0.39, 0.29) is 32.2 Å². The number of nitrogens with zero attached hydrogens (tertiary/aromatic N) is 1. The van der Waals surface area contributed by atoms with Gasteiger partial charge in [-0.05, 0) is 77.0 Å². The molecule has 0 fully saturated rings. The van der Waals surface area contributed by atoms with E-state index in [1.165, 1.54) is 0 Å². The van der Waals surface area contributed by atoms with Gasteiger partial charge in [-0.25, -0.2) is 4.57 Å². The van der Waals surface area contributed by atoms with Crippen molar-refractivity contribution in [2.75, 3.05) is 47.5 Å². The molecule has 2 N–H and O–H groups in total. The van der Waals surface area contributed by atoms with Gasteiger partial charge >= 0.3 is 19.8 Å². The molecule has 1 unspecified atom stereocenters. The second kappa shape index (κ2) is 38.8. The zero-order valence-corrected chi connectivity index (χ0v) is 37.9. The van der Waals surface area contributed by atoms with E-state index in [0.717, 1.165) is 70.6 Å². The standard InChI is InChI=1S/C48H78NO9P/c1-6-8-10-11-12-13-14-15-16-17-18-19-22-25-28-31-35-39-47(51)55-43-46(44-57-59(53,54)56-42-41-49(3,4)5)58-48(52)40-36-32-29-26-23-20-21-24-27-30-34-38-45(50)37-33-9-7-2/h8,10,12-13,15-16,18-21,25-30,34,38,45-46,50H,6-7,9,11,14,17,22-24,31-33,35-37,39-44H2,1-5H3/p+1/b10-8-,13-12-,16-15-,19-18-,21-20-,28-25-,29-26-,30-27-,38-34+/t45-,46+/m0/s1. The largest absolute Gasteiger partial charge is 0.472 e. The fourth-order valence-electron chi connectivity index (χ4n) is 4.97. The molecular weight excluding hydrogens is 765 g/mol. The number of esters is 2. The maximum Gasteiger partial charge on any atom is 0.472 e. The summed E-state index contributed by atoms with van der Waals surface area (Å²) in [5, 5.41) is 9.91. The van der Waals surface area contributed by atoms with Crippen LogP contribution in [-0.4, -0.2) is 86.1 Å². The summed E-state index contributed by atoms with van der Waals surface area (Å²) < 4.78 is 34.1. The molecule has 0 spiro atoms. The Bertz CT molecular complexity index is 1380. The number of quaternary nitrogens is 1. The molecule has 3 atom stereocenters. The molecule has 0 saturated carbocycles. The molecule has 10 nitrogen and oxygen atoms in total. The molecule has 0 radical (unpaired) electrons.